The summed E-state index contributed by atoms with van der Waals surface area (Å²) < 4.78 is 5.83. The molecule has 0 saturated heterocycles. The summed E-state index contributed by atoms with van der Waals surface area (Å²) in [6.07, 6.45) is 14.9. The zero-order valence-corrected chi connectivity index (χ0v) is 19.7. The van der Waals surface area contributed by atoms with Gasteiger partial charge in [0.15, 0.2) is 0 Å². The lowest BCUT2D eigenvalue weighted by molar-refractivity contribution is -0.127. The number of likely N-dealkylation sites (N-methyl/N-ethyl adjacent to an activating group) is 1. The molecule has 0 spiro atoms. The van der Waals surface area contributed by atoms with Gasteiger partial charge < -0.3 is 14.7 Å². The van der Waals surface area contributed by atoms with Gasteiger partial charge in [0.2, 0.25) is 0 Å². The van der Waals surface area contributed by atoms with E-state index in [0.29, 0.717) is 5.41 Å². The molecule has 5 unspecified atom stereocenters. The van der Waals surface area contributed by atoms with Crippen molar-refractivity contribution < 1.29 is 9.84 Å². The summed E-state index contributed by atoms with van der Waals surface area (Å²) in [5.41, 5.74) is 0.810. The van der Waals surface area contributed by atoms with Crippen LogP contribution in [0.2, 0.25) is 0 Å². The van der Waals surface area contributed by atoms with Crippen LogP contribution in [0.5, 0.6) is 0 Å². The molecule has 0 aromatic rings. The zero-order valence-electron chi connectivity index (χ0n) is 19.7. The van der Waals surface area contributed by atoms with Gasteiger partial charge in [-0.1, -0.05) is 13.8 Å². The molecule has 8 atom stereocenters. The molecule has 1 N–H and O–H groups in total. The molecule has 0 radical (unpaired) electrons. The molecular formula is C26H47NO2. The average Bonchev–Trinajstić information content (AvgIpc) is 2.99. The number of fused-ring (bicyclic) bond motifs is 5. The molecule has 4 aliphatic carbocycles. The fourth-order valence-electron chi connectivity index (χ4n) is 8.40. The Kier molecular flexibility index (Phi) is 6.69. The fourth-order valence-corrected chi connectivity index (χ4v) is 8.40. The SMILES string of the molecule is CN(C)CCOCCCC1CC[C@@]2(C)C(CCC3C2CC[C@@]2(C)C3CC[C@@H]2O)C1. The molecular weight excluding hydrogens is 358 g/mol. The van der Waals surface area contributed by atoms with E-state index in [2.05, 4.69) is 32.8 Å². The van der Waals surface area contributed by atoms with Crippen LogP contribution in [0.15, 0.2) is 0 Å². The lowest BCUT2D eigenvalue weighted by atomic mass is 9.44. The molecule has 4 saturated carbocycles. The highest BCUT2D eigenvalue weighted by Crippen LogP contribution is 2.66. The average molecular weight is 406 g/mol. The summed E-state index contributed by atoms with van der Waals surface area (Å²) >= 11 is 0. The largest absolute Gasteiger partial charge is 0.393 e. The van der Waals surface area contributed by atoms with Gasteiger partial charge in [-0.3, -0.25) is 0 Å². The van der Waals surface area contributed by atoms with Crippen LogP contribution in [0.1, 0.15) is 84.5 Å². The molecule has 0 amide bonds. The molecule has 4 rings (SSSR count). The third-order valence-corrected chi connectivity index (χ3v) is 10.3. The van der Waals surface area contributed by atoms with Crippen molar-refractivity contribution in [2.75, 3.05) is 33.9 Å². The van der Waals surface area contributed by atoms with Crippen molar-refractivity contribution in [2.45, 2.75) is 90.6 Å². The Morgan fingerprint density at radius 3 is 2.45 bits per heavy atom. The number of ether oxygens (including phenoxy) is 1. The Bertz CT molecular complexity index is 551. The normalized spacial score (nSPS) is 47.0. The predicted octanol–water partition coefficient (Wildman–Crippen LogP) is 5.36. The van der Waals surface area contributed by atoms with Gasteiger partial charge in [-0.25, -0.2) is 0 Å². The predicted molar refractivity (Wildman–Crippen MR) is 120 cm³/mol. The van der Waals surface area contributed by atoms with Crippen LogP contribution >= 0.6 is 0 Å². The van der Waals surface area contributed by atoms with Crippen molar-refractivity contribution in [3.05, 3.63) is 0 Å². The van der Waals surface area contributed by atoms with Crippen LogP contribution in [0.3, 0.4) is 0 Å². The van der Waals surface area contributed by atoms with Crippen LogP contribution in [-0.2, 0) is 4.74 Å². The highest BCUT2D eigenvalue weighted by molar-refractivity contribution is 5.09. The number of hydrogen-bond acceptors (Lipinski definition) is 3. The molecule has 0 aromatic carbocycles. The van der Waals surface area contributed by atoms with Crippen LogP contribution in [0, 0.1) is 40.4 Å². The van der Waals surface area contributed by atoms with Gasteiger partial charge in [-0.2, -0.15) is 0 Å². The lowest BCUT2D eigenvalue weighted by Crippen LogP contribution is -2.54. The minimum absolute atomic E-state index is 0.0327. The molecule has 29 heavy (non-hydrogen) atoms. The van der Waals surface area contributed by atoms with Gasteiger partial charge in [-0.15, -0.1) is 0 Å². The Morgan fingerprint density at radius 2 is 1.66 bits per heavy atom. The maximum atomic E-state index is 10.7. The summed E-state index contributed by atoms with van der Waals surface area (Å²) in [4.78, 5) is 2.19. The summed E-state index contributed by atoms with van der Waals surface area (Å²) in [6, 6.07) is 0. The van der Waals surface area contributed by atoms with E-state index in [0.717, 1.165) is 55.8 Å². The first-order valence-corrected chi connectivity index (χ1v) is 12.7. The topological polar surface area (TPSA) is 32.7 Å². The van der Waals surface area contributed by atoms with Gasteiger partial charge >= 0.3 is 0 Å². The second kappa shape index (κ2) is 8.79. The monoisotopic (exact) mass is 405 g/mol. The quantitative estimate of drug-likeness (QED) is 0.578. The van der Waals surface area contributed by atoms with Gasteiger partial charge in [-0.05, 0) is 125 Å². The summed E-state index contributed by atoms with van der Waals surface area (Å²) in [7, 11) is 4.22. The molecule has 3 heteroatoms. The number of rotatable bonds is 7. The molecule has 0 aliphatic heterocycles. The minimum Gasteiger partial charge on any atom is -0.393 e. The van der Waals surface area contributed by atoms with Crippen LogP contribution in [0.4, 0.5) is 0 Å². The Labute approximate surface area is 180 Å². The Balaban J connectivity index is 1.29. The third-order valence-electron chi connectivity index (χ3n) is 10.3. The summed E-state index contributed by atoms with van der Waals surface area (Å²) in [5, 5.41) is 10.7. The Morgan fingerprint density at radius 1 is 0.897 bits per heavy atom. The van der Waals surface area contributed by atoms with Crippen molar-refractivity contribution >= 4 is 0 Å². The fraction of sp³-hybridized carbons (Fsp3) is 1.00. The van der Waals surface area contributed by atoms with Crippen molar-refractivity contribution in [1.29, 1.82) is 0 Å². The van der Waals surface area contributed by atoms with E-state index < -0.39 is 0 Å². The van der Waals surface area contributed by atoms with Crippen molar-refractivity contribution in [3.63, 3.8) is 0 Å². The first-order valence-electron chi connectivity index (χ1n) is 12.7. The molecule has 4 aliphatic rings. The molecule has 0 heterocycles. The summed E-state index contributed by atoms with van der Waals surface area (Å²) in [6.45, 7) is 7.93. The number of hydrogen-bond donors (Lipinski definition) is 1. The van der Waals surface area contributed by atoms with E-state index in [-0.39, 0.29) is 11.5 Å². The van der Waals surface area contributed by atoms with Gasteiger partial charge in [0, 0.05) is 13.2 Å². The van der Waals surface area contributed by atoms with E-state index in [1.807, 2.05) is 0 Å². The standard InChI is InChI=1S/C26H47NO2/c1-25-13-11-19(6-5-16-29-17-15-27(3)4)18-20(25)7-8-21-22-9-10-24(28)26(22,2)14-12-23(21)25/h19-24,28H,5-18H2,1-4H3/t19?,20?,21?,22?,23?,24-,25-,26-/m0/s1. The van der Waals surface area contributed by atoms with Crippen molar-refractivity contribution in [1.82, 2.24) is 4.90 Å². The van der Waals surface area contributed by atoms with Gasteiger partial charge in [0.05, 0.1) is 12.7 Å². The zero-order chi connectivity index (χ0) is 20.6. The van der Waals surface area contributed by atoms with Crippen molar-refractivity contribution in [2.24, 2.45) is 40.4 Å². The third kappa shape index (κ3) is 4.17. The smallest absolute Gasteiger partial charge is 0.0596 e. The van der Waals surface area contributed by atoms with E-state index in [1.54, 1.807) is 0 Å². The molecule has 168 valence electrons. The second-order valence-electron chi connectivity index (χ2n) is 12.0. The van der Waals surface area contributed by atoms with E-state index in [1.165, 1.54) is 64.2 Å². The molecule has 0 bridgehead atoms. The van der Waals surface area contributed by atoms with Crippen LogP contribution < -0.4 is 0 Å². The van der Waals surface area contributed by atoms with Gasteiger partial charge in [0.1, 0.15) is 0 Å². The van der Waals surface area contributed by atoms with E-state index >= 15 is 0 Å². The second-order valence-corrected chi connectivity index (χ2v) is 12.0. The first kappa shape index (κ1) is 22.1. The molecule has 0 aromatic heterocycles. The maximum absolute atomic E-state index is 10.7. The highest BCUT2D eigenvalue weighted by Gasteiger charge is 2.59. The summed E-state index contributed by atoms with van der Waals surface area (Å²) in [5.74, 6) is 4.51. The number of nitrogens with zero attached hydrogens (tertiary/aromatic N) is 1. The van der Waals surface area contributed by atoms with Gasteiger partial charge in [0.25, 0.3) is 0 Å². The number of aliphatic hydroxyl groups is 1. The Hall–Kier alpha value is -0.120. The van der Waals surface area contributed by atoms with E-state index in [4.69, 9.17) is 4.74 Å². The first-order chi connectivity index (χ1) is 13.8. The molecule has 4 fully saturated rings. The van der Waals surface area contributed by atoms with Crippen LogP contribution in [-0.4, -0.2) is 50.0 Å². The van der Waals surface area contributed by atoms with E-state index in [9.17, 15) is 5.11 Å². The maximum Gasteiger partial charge on any atom is 0.0596 e. The minimum atomic E-state index is -0.0327. The van der Waals surface area contributed by atoms with Crippen LogP contribution in [0.25, 0.3) is 0 Å². The molecule has 3 nitrogen and oxygen atoms in total. The lowest BCUT2D eigenvalue weighted by Gasteiger charge is -2.61. The number of aliphatic hydroxyl groups excluding tert-OH is 1. The van der Waals surface area contributed by atoms with Crippen molar-refractivity contribution in [3.8, 4) is 0 Å². The highest BCUT2D eigenvalue weighted by atomic mass is 16.5.